The van der Waals surface area contributed by atoms with Gasteiger partial charge in [-0.2, -0.15) is 8.42 Å². The average molecular weight is 257 g/mol. The van der Waals surface area contributed by atoms with Gasteiger partial charge in [0, 0.05) is 5.56 Å². The predicted molar refractivity (Wildman–Crippen MR) is 59.6 cm³/mol. The number of rotatable bonds is 2. The maximum atomic E-state index is 10.9. The molecule has 1 aromatic heterocycles. The molecule has 0 atom stereocenters. The third-order valence-electron chi connectivity index (χ3n) is 1.82. The maximum Gasteiger partial charge on any atom is 0.294 e. The Kier molecular flexibility index (Phi) is 2.62. The molecule has 0 fully saturated rings. The van der Waals surface area contributed by atoms with Gasteiger partial charge in [0.2, 0.25) is 5.13 Å². The summed E-state index contributed by atoms with van der Waals surface area (Å²) in [5.41, 5.74) is 5.96. The van der Waals surface area contributed by atoms with E-state index >= 15 is 0 Å². The van der Waals surface area contributed by atoms with Crippen molar-refractivity contribution in [1.29, 1.82) is 0 Å². The van der Waals surface area contributed by atoms with E-state index in [1.54, 1.807) is 6.07 Å². The SMILES string of the molecule is Nc1nnc(-c2cccc(S(=O)(=O)O)c2)s1. The molecule has 1 aromatic carbocycles. The lowest BCUT2D eigenvalue weighted by molar-refractivity contribution is 0.483. The van der Waals surface area contributed by atoms with Gasteiger partial charge in [0.05, 0.1) is 4.90 Å². The Morgan fingerprint density at radius 1 is 1.31 bits per heavy atom. The number of hydrogen-bond acceptors (Lipinski definition) is 6. The van der Waals surface area contributed by atoms with Crippen molar-refractivity contribution in [2.45, 2.75) is 4.90 Å². The van der Waals surface area contributed by atoms with Crippen LogP contribution in [0.4, 0.5) is 5.13 Å². The molecule has 0 unspecified atom stereocenters. The molecule has 0 aliphatic rings. The molecule has 1 heterocycles. The number of benzene rings is 1. The lowest BCUT2D eigenvalue weighted by atomic mass is 10.2. The van der Waals surface area contributed by atoms with Gasteiger partial charge in [0.25, 0.3) is 10.1 Å². The van der Waals surface area contributed by atoms with Crippen molar-refractivity contribution >= 4 is 26.6 Å². The summed E-state index contributed by atoms with van der Waals surface area (Å²) in [6.45, 7) is 0. The van der Waals surface area contributed by atoms with E-state index in [1.165, 1.54) is 18.2 Å². The maximum absolute atomic E-state index is 10.9. The van der Waals surface area contributed by atoms with Gasteiger partial charge in [0.1, 0.15) is 5.01 Å². The molecule has 0 aliphatic heterocycles. The van der Waals surface area contributed by atoms with Crippen molar-refractivity contribution in [3.8, 4) is 10.6 Å². The van der Waals surface area contributed by atoms with Crippen LogP contribution in [0.25, 0.3) is 10.6 Å². The molecule has 0 radical (unpaired) electrons. The number of aromatic nitrogens is 2. The van der Waals surface area contributed by atoms with Gasteiger partial charge in [-0.1, -0.05) is 23.5 Å². The van der Waals surface area contributed by atoms with Crippen LogP contribution in [0.1, 0.15) is 0 Å². The Hall–Kier alpha value is -1.51. The molecule has 0 bridgehead atoms. The first-order valence-corrected chi connectivity index (χ1v) is 6.39. The molecule has 8 heteroatoms. The first kappa shape index (κ1) is 11.0. The highest BCUT2D eigenvalue weighted by atomic mass is 32.2. The van der Waals surface area contributed by atoms with E-state index in [9.17, 15) is 8.42 Å². The zero-order chi connectivity index (χ0) is 11.8. The van der Waals surface area contributed by atoms with Crippen LogP contribution in [0.2, 0.25) is 0 Å². The zero-order valence-corrected chi connectivity index (χ0v) is 9.49. The Balaban J connectivity index is 2.52. The molecule has 84 valence electrons. The van der Waals surface area contributed by atoms with Crippen molar-refractivity contribution in [3.05, 3.63) is 24.3 Å². The van der Waals surface area contributed by atoms with Crippen LogP contribution < -0.4 is 5.73 Å². The summed E-state index contributed by atoms with van der Waals surface area (Å²) in [5, 5.41) is 8.20. The van der Waals surface area contributed by atoms with Crippen molar-refractivity contribution in [3.63, 3.8) is 0 Å². The molecule has 16 heavy (non-hydrogen) atoms. The molecule has 6 nitrogen and oxygen atoms in total. The Labute approximate surface area is 95.5 Å². The summed E-state index contributed by atoms with van der Waals surface area (Å²) >= 11 is 1.14. The number of nitrogen functional groups attached to an aromatic ring is 1. The average Bonchev–Trinajstić information content (AvgIpc) is 2.64. The van der Waals surface area contributed by atoms with E-state index in [2.05, 4.69) is 10.2 Å². The molecule has 3 N–H and O–H groups in total. The summed E-state index contributed by atoms with van der Waals surface area (Å²) in [6.07, 6.45) is 0. The smallest absolute Gasteiger partial charge is 0.294 e. The Morgan fingerprint density at radius 3 is 2.62 bits per heavy atom. The van der Waals surface area contributed by atoms with Crippen LogP contribution in [0.15, 0.2) is 29.2 Å². The van der Waals surface area contributed by atoms with Crippen LogP contribution in [0, 0.1) is 0 Å². The first-order chi connectivity index (χ1) is 7.47. The largest absolute Gasteiger partial charge is 0.374 e. The van der Waals surface area contributed by atoms with E-state index < -0.39 is 10.1 Å². The Bertz CT molecular complexity index is 621. The Morgan fingerprint density at radius 2 is 2.06 bits per heavy atom. The highest BCUT2D eigenvalue weighted by Crippen LogP contribution is 2.26. The molecular weight excluding hydrogens is 250 g/mol. The summed E-state index contributed by atoms with van der Waals surface area (Å²) < 4.78 is 30.7. The van der Waals surface area contributed by atoms with Crippen LogP contribution in [-0.2, 0) is 10.1 Å². The summed E-state index contributed by atoms with van der Waals surface area (Å²) in [4.78, 5) is -0.182. The zero-order valence-electron chi connectivity index (χ0n) is 7.86. The number of anilines is 1. The van der Waals surface area contributed by atoms with Crippen molar-refractivity contribution in [2.24, 2.45) is 0 Å². The van der Waals surface area contributed by atoms with Gasteiger partial charge < -0.3 is 5.73 Å². The van der Waals surface area contributed by atoms with Crippen LogP contribution >= 0.6 is 11.3 Å². The normalized spacial score (nSPS) is 11.6. The second kappa shape index (κ2) is 3.81. The third kappa shape index (κ3) is 2.18. The van der Waals surface area contributed by atoms with E-state index in [0.29, 0.717) is 15.7 Å². The van der Waals surface area contributed by atoms with Crippen LogP contribution in [-0.4, -0.2) is 23.2 Å². The third-order valence-corrected chi connectivity index (χ3v) is 3.47. The van der Waals surface area contributed by atoms with Crippen LogP contribution in [0.5, 0.6) is 0 Å². The second-order valence-electron chi connectivity index (χ2n) is 2.95. The highest BCUT2D eigenvalue weighted by Gasteiger charge is 2.12. The molecule has 0 amide bonds. The van der Waals surface area contributed by atoms with Gasteiger partial charge in [-0.3, -0.25) is 4.55 Å². The molecule has 0 saturated heterocycles. The fourth-order valence-corrected chi connectivity index (χ4v) is 2.27. The molecule has 0 saturated carbocycles. The van der Waals surface area contributed by atoms with E-state index in [-0.39, 0.29) is 4.90 Å². The molecule has 0 spiro atoms. The number of hydrogen-bond donors (Lipinski definition) is 2. The fraction of sp³-hybridized carbons (Fsp3) is 0. The lowest BCUT2D eigenvalue weighted by Crippen LogP contribution is -1.97. The number of nitrogens with zero attached hydrogens (tertiary/aromatic N) is 2. The van der Waals surface area contributed by atoms with Gasteiger partial charge in [0.15, 0.2) is 0 Å². The van der Waals surface area contributed by atoms with Crippen molar-refractivity contribution in [1.82, 2.24) is 10.2 Å². The molecule has 2 rings (SSSR count). The minimum atomic E-state index is -4.20. The second-order valence-corrected chi connectivity index (χ2v) is 5.38. The highest BCUT2D eigenvalue weighted by molar-refractivity contribution is 7.85. The minimum absolute atomic E-state index is 0.182. The van der Waals surface area contributed by atoms with E-state index in [0.717, 1.165) is 11.3 Å². The summed E-state index contributed by atoms with van der Waals surface area (Å²) in [6, 6.07) is 5.78. The summed E-state index contributed by atoms with van der Waals surface area (Å²) in [5.74, 6) is 0. The number of nitrogens with two attached hydrogens (primary N) is 1. The fourth-order valence-electron chi connectivity index (χ4n) is 1.14. The van der Waals surface area contributed by atoms with Gasteiger partial charge in [-0.05, 0) is 12.1 Å². The van der Waals surface area contributed by atoms with Gasteiger partial charge in [-0.15, -0.1) is 10.2 Å². The topological polar surface area (TPSA) is 106 Å². The van der Waals surface area contributed by atoms with Gasteiger partial charge >= 0.3 is 0 Å². The molecular formula is C8H7N3O3S2. The molecule has 0 aliphatic carbocycles. The van der Waals surface area contributed by atoms with Gasteiger partial charge in [-0.25, -0.2) is 0 Å². The van der Waals surface area contributed by atoms with Crippen LogP contribution in [0.3, 0.4) is 0 Å². The van der Waals surface area contributed by atoms with E-state index in [1.807, 2.05) is 0 Å². The lowest BCUT2D eigenvalue weighted by Gasteiger charge is -1.98. The minimum Gasteiger partial charge on any atom is -0.374 e. The quantitative estimate of drug-likeness (QED) is 0.778. The monoisotopic (exact) mass is 257 g/mol. The van der Waals surface area contributed by atoms with Crippen molar-refractivity contribution < 1.29 is 13.0 Å². The summed E-state index contributed by atoms with van der Waals surface area (Å²) in [7, 11) is -4.20. The van der Waals surface area contributed by atoms with E-state index in [4.69, 9.17) is 10.3 Å². The van der Waals surface area contributed by atoms with Crippen molar-refractivity contribution in [2.75, 3.05) is 5.73 Å². The standard InChI is InChI=1S/C8H7N3O3S2/c9-8-11-10-7(15-8)5-2-1-3-6(4-5)16(12,13)14/h1-4H,(H2,9,11)(H,12,13,14). The first-order valence-electron chi connectivity index (χ1n) is 4.14. The molecule has 2 aromatic rings. The predicted octanol–water partition coefficient (Wildman–Crippen LogP) is 1.03.